The maximum atomic E-state index is 13.0. The van der Waals surface area contributed by atoms with Gasteiger partial charge in [0, 0.05) is 31.0 Å². The lowest BCUT2D eigenvalue weighted by Gasteiger charge is -2.18. The fraction of sp³-hybridized carbons (Fsp3) is 0.250. The Hall–Kier alpha value is -3.24. The summed E-state index contributed by atoms with van der Waals surface area (Å²) in [5.41, 5.74) is 0.705. The van der Waals surface area contributed by atoms with E-state index >= 15 is 0 Å². The first-order valence-corrected chi connectivity index (χ1v) is 10.9. The molecule has 1 N–H and O–H groups in total. The SMILES string of the molecule is COc1ccc(C(=O)Nc2ccc(-n3ccnc3)nc2)cc1S(=O)(=O)N1CCCC1. The van der Waals surface area contributed by atoms with Crippen molar-refractivity contribution in [2.75, 3.05) is 25.5 Å². The third-order valence-corrected chi connectivity index (χ3v) is 6.80. The zero-order chi connectivity index (χ0) is 21.1. The van der Waals surface area contributed by atoms with Crippen molar-refractivity contribution in [1.82, 2.24) is 18.8 Å². The number of ether oxygens (including phenoxy) is 1. The molecule has 3 aromatic rings. The van der Waals surface area contributed by atoms with Crippen LogP contribution in [0.3, 0.4) is 0 Å². The van der Waals surface area contributed by atoms with Crippen LogP contribution in [-0.4, -0.2) is 53.4 Å². The van der Waals surface area contributed by atoms with Crippen LogP contribution in [0, 0.1) is 0 Å². The number of nitrogens with one attached hydrogen (secondary N) is 1. The van der Waals surface area contributed by atoms with Gasteiger partial charge in [-0.05, 0) is 43.2 Å². The largest absolute Gasteiger partial charge is 0.495 e. The minimum absolute atomic E-state index is 0.00636. The summed E-state index contributed by atoms with van der Waals surface area (Å²) < 4.78 is 34.4. The summed E-state index contributed by atoms with van der Waals surface area (Å²) in [6.07, 6.45) is 8.21. The molecular formula is C20H21N5O4S. The molecule has 0 aliphatic carbocycles. The van der Waals surface area contributed by atoms with Crippen molar-refractivity contribution in [2.45, 2.75) is 17.7 Å². The molecule has 2 aromatic heterocycles. The molecule has 1 fully saturated rings. The average Bonchev–Trinajstić information content (AvgIpc) is 3.48. The zero-order valence-electron chi connectivity index (χ0n) is 16.4. The van der Waals surface area contributed by atoms with Gasteiger partial charge in [0.05, 0.1) is 19.0 Å². The minimum atomic E-state index is -3.73. The van der Waals surface area contributed by atoms with Crippen LogP contribution in [-0.2, 0) is 10.0 Å². The van der Waals surface area contributed by atoms with Crippen molar-refractivity contribution in [3.8, 4) is 11.6 Å². The molecule has 10 heteroatoms. The van der Waals surface area contributed by atoms with Crippen molar-refractivity contribution in [2.24, 2.45) is 0 Å². The van der Waals surface area contributed by atoms with Crippen LogP contribution in [0.5, 0.6) is 5.75 Å². The predicted molar refractivity (Wildman–Crippen MR) is 110 cm³/mol. The van der Waals surface area contributed by atoms with E-state index in [1.54, 1.807) is 35.4 Å². The topological polar surface area (TPSA) is 106 Å². The monoisotopic (exact) mass is 427 g/mol. The highest BCUT2D eigenvalue weighted by Gasteiger charge is 2.30. The Labute approximate surface area is 174 Å². The number of sulfonamides is 1. The third kappa shape index (κ3) is 3.91. The Kier molecular flexibility index (Phi) is 5.51. The average molecular weight is 427 g/mol. The first-order chi connectivity index (χ1) is 14.5. The molecule has 0 atom stereocenters. The van der Waals surface area contributed by atoms with Gasteiger partial charge in [-0.2, -0.15) is 4.31 Å². The van der Waals surface area contributed by atoms with E-state index in [1.807, 2.05) is 0 Å². The molecule has 1 aliphatic heterocycles. The van der Waals surface area contributed by atoms with Crippen molar-refractivity contribution >= 4 is 21.6 Å². The Balaban J connectivity index is 1.57. The zero-order valence-corrected chi connectivity index (χ0v) is 17.2. The van der Waals surface area contributed by atoms with Gasteiger partial charge in [0.2, 0.25) is 10.0 Å². The number of hydrogen-bond donors (Lipinski definition) is 1. The van der Waals surface area contributed by atoms with Gasteiger partial charge < -0.3 is 10.1 Å². The van der Waals surface area contributed by atoms with Gasteiger partial charge in [0.25, 0.3) is 5.91 Å². The highest BCUT2D eigenvalue weighted by Crippen LogP contribution is 2.30. The normalized spacial score (nSPS) is 14.6. The van der Waals surface area contributed by atoms with Gasteiger partial charge in [-0.1, -0.05) is 0 Å². The van der Waals surface area contributed by atoms with Crippen LogP contribution < -0.4 is 10.1 Å². The number of benzene rings is 1. The first-order valence-electron chi connectivity index (χ1n) is 9.43. The summed E-state index contributed by atoms with van der Waals surface area (Å²) in [7, 11) is -2.33. The lowest BCUT2D eigenvalue weighted by Crippen LogP contribution is -2.28. The van der Waals surface area contributed by atoms with E-state index < -0.39 is 15.9 Å². The van der Waals surface area contributed by atoms with Gasteiger partial charge in [0.15, 0.2) is 0 Å². The number of carbonyl (C=O) groups is 1. The summed E-state index contributed by atoms with van der Waals surface area (Å²) in [5, 5.41) is 2.74. The molecule has 30 heavy (non-hydrogen) atoms. The number of methoxy groups -OCH3 is 1. The smallest absolute Gasteiger partial charge is 0.255 e. The molecule has 4 rings (SSSR count). The molecular weight excluding hydrogens is 406 g/mol. The van der Waals surface area contributed by atoms with Crippen LogP contribution in [0.4, 0.5) is 5.69 Å². The maximum absolute atomic E-state index is 13.0. The van der Waals surface area contributed by atoms with Crippen LogP contribution in [0.2, 0.25) is 0 Å². The van der Waals surface area contributed by atoms with E-state index in [9.17, 15) is 13.2 Å². The second-order valence-corrected chi connectivity index (χ2v) is 8.71. The van der Waals surface area contributed by atoms with E-state index in [-0.39, 0.29) is 16.2 Å². The van der Waals surface area contributed by atoms with Gasteiger partial charge >= 0.3 is 0 Å². The van der Waals surface area contributed by atoms with Crippen molar-refractivity contribution in [3.05, 3.63) is 60.8 Å². The van der Waals surface area contributed by atoms with Crippen molar-refractivity contribution in [3.63, 3.8) is 0 Å². The van der Waals surface area contributed by atoms with Crippen LogP contribution >= 0.6 is 0 Å². The molecule has 3 heterocycles. The summed E-state index contributed by atoms with van der Waals surface area (Å²) >= 11 is 0. The number of carbonyl (C=O) groups excluding carboxylic acids is 1. The van der Waals surface area contributed by atoms with Gasteiger partial charge in [-0.25, -0.2) is 18.4 Å². The minimum Gasteiger partial charge on any atom is -0.495 e. The first kappa shape index (κ1) is 20.0. The Morgan fingerprint density at radius 3 is 2.60 bits per heavy atom. The van der Waals surface area contributed by atoms with Gasteiger partial charge in [-0.15, -0.1) is 0 Å². The fourth-order valence-electron chi connectivity index (χ4n) is 3.30. The van der Waals surface area contributed by atoms with E-state index in [0.717, 1.165) is 12.8 Å². The summed E-state index contributed by atoms with van der Waals surface area (Å²) in [5.74, 6) is 0.437. The van der Waals surface area contributed by atoms with Gasteiger partial charge in [0.1, 0.15) is 22.8 Å². The van der Waals surface area contributed by atoms with Crippen LogP contribution in [0.1, 0.15) is 23.2 Å². The number of hydrogen-bond acceptors (Lipinski definition) is 6. The Morgan fingerprint density at radius 2 is 1.97 bits per heavy atom. The third-order valence-electron chi connectivity index (χ3n) is 4.88. The molecule has 0 saturated carbocycles. The number of amides is 1. The lowest BCUT2D eigenvalue weighted by atomic mass is 10.2. The number of imidazole rings is 1. The molecule has 0 unspecified atom stereocenters. The summed E-state index contributed by atoms with van der Waals surface area (Å²) in [6.45, 7) is 0.938. The second kappa shape index (κ2) is 8.25. The highest BCUT2D eigenvalue weighted by atomic mass is 32.2. The molecule has 1 aromatic carbocycles. The molecule has 1 saturated heterocycles. The molecule has 9 nitrogen and oxygen atoms in total. The molecule has 1 amide bonds. The summed E-state index contributed by atoms with van der Waals surface area (Å²) in [4.78, 5) is 21.0. The van der Waals surface area contributed by atoms with E-state index in [0.29, 0.717) is 24.6 Å². The fourth-order valence-corrected chi connectivity index (χ4v) is 5.00. The highest BCUT2D eigenvalue weighted by molar-refractivity contribution is 7.89. The quantitative estimate of drug-likeness (QED) is 0.647. The predicted octanol–water partition coefficient (Wildman–Crippen LogP) is 2.31. The summed E-state index contributed by atoms with van der Waals surface area (Å²) in [6, 6.07) is 7.85. The Bertz CT molecular complexity index is 1140. The standard InChI is InChI=1S/C20H21N5O4S/c1-29-17-6-4-15(12-18(17)30(27,28)25-9-2-3-10-25)20(26)23-16-5-7-19(22-13-16)24-11-8-21-14-24/h4-8,11-14H,2-3,9-10H2,1H3,(H,23,26). The molecule has 0 spiro atoms. The number of anilines is 1. The molecule has 0 bridgehead atoms. The Morgan fingerprint density at radius 1 is 1.17 bits per heavy atom. The lowest BCUT2D eigenvalue weighted by molar-refractivity contribution is 0.102. The number of pyridine rings is 1. The van der Waals surface area contributed by atoms with E-state index in [2.05, 4.69) is 15.3 Å². The molecule has 156 valence electrons. The number of aromatic nitrogens is 3. The number of rotatable bonds is 6. The van der Waals surface area contributed by atoms with Crippen LogP contribution in [0.25, 0.3) is 5.82 Å². The van der Waals surface area contributed by atoms with Crippen LogP contribution in [0.15, 0.2) is 60.1 Å². The number of nitrogens with zero attached hydrogens (tertiary/aromatic N) is 4. The maximum Gasteiger partial charge on any atom is 0.255 e. The van der Waals surface area contributed by atoms with E-state index in [4.69, 9.17) is 4.74 Å². The van der Waals surface area contributed by atoms with E-state index in [1.165, 1.54) is 35.8 Å². The van der Waals surface area contributed by atoms with Crippen molar-refractivity contribution < 1.29 is 17.9 Å². The molecule has 0 radical (unpaired) electrons. The second-order valence-electron chi connectivity index (χ2n) is 6.81. The van der Waals surface area contributed by atoms with Gasteiger partial charge in [-0.3, -0.25) is 9.36 Å². The molecule has 1 aliphatic rings. The van der Waals surface area contributed by atoms with Crippen molar-refractivity contribution in [1.29, 1.82) is 0 Å².